The molecule has 0 spiro atoms. The normalized spacial score (nSPS) is 10.2. The van der Waals surface area contributed by atoms with Gasteiger partial charge in [-0.2, -0.15) is 0 Å². The second-order valence-electron chi connectivity index (χ2n) is 4.99. The number of rotatable bonds is 5. The quantitative estimate of drug-likeness (QED) is 0.865. The number of halogens is 1. The fraction of sp³-hybridized carbons (Fsp3) is 0.235. The highest BCUT2D eigenvalue weighted by Gasteiger charge is 2.12. The first-order valence-corrected chi connectivity index (χ1v) is 7.60. The fourth-order valence-electron chi connectivity index (χ4n) is 2.04. The van der Waals surface area contributed by atoms with E-state index >= 15 is 0 Å². The topological polar surface area (TPSA) is 61.8 Å². The number of ether oxygens (including phenoxy) is 1. The average molecular weight is 335 g/mol. The van der Waals surface area contributed by atoms with Gasteiger partial charge in [-0.05, 0) is 31.2 Å². The van der Waals surface area contributed by atoms with E-state index in [2.05, 4.69) is 5.32 Å². The van der Waals surface area contributed by atoms with Crippen LogP contribution in [0.2, 0.25) is 5.02 Å². The van der Waals surface area contributed by atoms with Crippen LogP contribution in [0.25, 0.3) is 0 Å². The second-order valence-corrected chi connectivity index (χ2v) is 5.40. The number of hydrogen-bond donors (Lipinski definition) is 2. The molecule has 0 radical (unpaired) electrons. The summed E-state index contributed by atoms with van der Waals surface area (Å²) >= 11 is 6.10. The molecule has 0 unspecified atom stereocenters. The highest BCUT2D eigenvalue weighted by Crippen LogP contribution is 2.27. The summed E-state index contributed by atoms with van der Waals surface area (Å²) in [6.07, 6.45) is 0. The summed E-state index contributed by atoms with van der Waals surface area (Å²) in [4.78, 5) is 13.7. The molecule has 0 saturated heterocycles. The van der Waals surface area contributed by atoms with Crippen molar-refractivity contribution in [3.63, 3.8) is 0 Å². The lowest BCUT2D eigenvalue weighted by molar-refractivity contribution is 0.220. The Kier molecular flexibility index (Phi) is 5.71. The molecule has 0 aliphatic heterocycles. The molecule has 0 saturated carbocycles. The van der Waals surface area contributed by atoms with Crippen molar-refractivity contribution in [2.75, 3.05) is 19.0 Å². The number of nitrogens with zero attached hydrogens (tertiary/aromatic N) is 1. The molecule has 2 aromatic rings. The van der Waals surface area contributed by atoms with E-state index in [-0.39, 0.29) is 11.8 Å². The number of anilines is 1. The summed E-state index contributed by atoms with van der Waals surface area (Å²) in [5.74, 6) is 0.742. The molecule has 6 heteroatoms. The van der Waals surface area contributed by atoms with Gasteiger partial charge in [-0.25, -0.2) is 4.79 Å². The van der Waals surface area contributed by atoms with E-state index < -0.39 is 0 Å². The molecule has 122 valence electrons. The van der Waals surface area contributed by atoms with Crippen molar-refractivity contribution in [1.82, 2.24) is 4.90 Å². The van der Waals surface area contributed by atoms with Crippen molar-refractivity contribution in [3.8, 4) is 11.5 Å². The van der Waals surface area contributed by atoms with Crippen molar-refractivity contribution in [2.24, 2.45) is 0 Å². The first-order valence-electron chi connectivity index (χ1n) is 7.22. The molecule has 5 nitrogen and oxygen atoms in total. The molecular weight excluding hydrogens is 316 g/mol. The minimum Gasteiger partial charge on any atom is -0.508 e. The Bertz CT molecular complexity index is 691. The number of nitrogens with one attached hydrogen (secondary N) is 1. The van der Waals surface area contributed by atoms with Gasteiger partial charge >= 0.3 is 6.03 Å². The van der Waals surface area contributed by atoms with Crippen LogP contribution in [0.4, 0.5) is 10.5 Å². The Labute approximate surface area is 140 Å². The monoisotopic (exact) mass is 334 g/mol. The van der Waals surface area contributed by atoms with Crippen LogP contribution in [0.15, 0.2) is 42.5 Å². The Balaban J connectivity index is 2.01. The maximum Gasteiger partial charge on any atom is 0.321 e. The fourth-order valence-corrected chi connectivity index (χ4v) is 2.28. The standard InChI is InChI=1S/C17H19ClN2O3/c1-3-23-16-9-8-13(10-14(16)18)19-17(22)20(2)11-12-6-4-5-7-15(12)21/h4-10,21H,3,11H2,1-2H3,(H,19,22). The molecule has 2 aromatic carbocycles. The molecule has 23 heavy (non-hydrogen) atoms. The molecule has 0 aromatic heterocycles. The van der Waals surface area contributed by atoms with Gasteiger partial charge in [0.05, 0.1) is 18.2 Å². The number of phenols is 1. The molecule has 0 aliphatic rings. The van der Waals surface area contributed by atoms with E-state index in [0.29, 0.717) is 35.2 Å². The number of aromatic hydroxyl groups is 1. The van der Waals surface area contributed by atoms with Crippen molar-refractivity contribution in [1.29, 1.82) is 0 Å². The summed E-state index contributed by atoms with van der Waals surface area (Å²) in [6.45, 7) is 2.69. The van der Waals surface area contributed by atoms with Gasteiger partial charge in [0.2, 0.25) is 0 Å². The summed E-state index contributed by atoms with van der Waals surface area (Å²) < 4.78 is 5.35. The number of carbonyl (C=O) groups excluding carboxylic acids is 1. The Hall–Kier alpha value is -2.40. The molecule has 2 N–H and O–H groups in total. The van der Waals surface area contributed by atoms with E-state index in [1.807, 2.05) is 13.0 Å². The lowest BCUT2D eigenvalue weighted by Crippen LogP contribution is -2.30. The predicted octanol–water partition coefficient (Wildman–Crippen LogP) is 4.11. The van der Waals surface area contributed by atoms with Gasteiger partial charge in [-0.3, -0.25) is 0 Å². The summed E-state index contributed by atoms with van der Waals surface area (Å²) in [6, 6.07) is 11.7. The highest BCUT2D eigenvalue weighted by atomic mass is 35.5. The molecule has 0 bridgehead atoms. The third kappa shape index (κ3) is 4.53. The van der Waals surface area contributed by atoms with Crippen LogP contribution in [0, 0.1) is 0 Å². The van der Waals surface area contributed by atoms with Crippen molar-refractivity contribution < 1.29 is 14.6 Å². The average Bonchev–Trinajstić information content (AvgIpc) is 2.52. The van der Waals surface area contributed by atoms with Gasteiger partial charge in [0, 0.05) is 18.3 Å². The zero-order valence-corrected chi connectivity index (χ0v) is 13.8. The number of carbonyl (C=O) groups is 1. The zero-order valence-electron chi connectivity index (χ0n) is 13.0. The first kappa shape index (κ1) is 17.0. The number of benzene rings is 2. The third-order valence-corrected chi connectivity index (χ3v) is 3.52. The minimum atomic E-state index is -0.298. The SMILES string of the molecule is CCOc1ccc(NC(=O)N(C)Cc2ccccc2O)cc1Cl. The van der Waals surface area contributed by atoms with Gasteiger partial charge in [0.1, 0.15) is 11.5 Å². The Morgan fingerprint density at radius 2 is 2.04 bits per heavy atom. The summed E-state index contributed by atoms with van der Waals surface area (Å²) in [5.41, 5.74) is 1.25. The molecule has 2 amide bonds. The molecule has 0 atom stereocenters. The lowest BCUT2D eigenvalue weighted by Gasteiger charge is -2.19. The van der Waals surface area contributed by atoms with E-state index in [1.54, 1.807) is 43.4 Å². The maximum absolute atomic E-state index is 12.2. The maximum atomic E-state index is 12.2. The van der Waals surface area contributed by atoms with Crippen LogP contribution in [-0.4, -0.2) is 29.7 Å². The predicted molar refractivity (Wildman–Crippen MR) is 91.2 cm³/mol. The number of amides is 2. The van der Waals surface area contributed by atoms with Gasteiger partial charge in [-0.15, -0.1) is 0 Å². The van der Waals surface area contributed by atoms with E-state index in [4.69, 9.17) is 16.3 Å². The van der Waals surface area contributed by atoms with Crippen LogP contribution in [0.1, 0.15) is 12.5 Å². The zero-order chi connectivity index (χ0) is 16.8. The largest absolute Gasteiger partial charge is 0.508 e. The van der Waals surface area contributed by atoms with Crippen molar-refractivity contribution in [2.45, 2.75) is 13.5 Å². The summed E-state index contributed by atoms with van der Waals surface area (Å²) in [7, 11) is 1.65. The molecule has 0 heterocycles. The van der Waals surface area contributed by atoms with Crippen LogP contribution in [0.3, 0.4) is 0 Å². The van der Waals surface area contributed by atoms with E-state index in [0.717, 1.165) is 0 Å². The number of hydrogen-bond acceptors (Lipinski definition) is 3. The number of phenolic OH excluding ortho intramolecular Hbond substituents is 1. The first-order chi connectivity index (χ1) is 11.0. The van der Waals surface area contributed by atoms with Gasteiger partial charge < -0.3 is 20.1 Å². The Morgan fingerprint density at radius 1 is 1.30 bits per heavy atom. The minimum absolute atomic E-state index is 0.163. The highest BCUT2D eigenvalue weighted by molar-refractivity contribution is 6.32. The van der Waals surface area contributed by atoms with Crippen LogP contribution >= 0.6 is 11.6 Å². The van der Waals surface area contributed by atoms with Gasteiger partial charge in [0.15, 0.2) is 0 Å². The second kappa shape index (κ2) is 7.74. The summed E-state index contributed by atoms with van der Waals surface area (Å²) in [5, 5.41) is 13.0. The van der Waals surface area contributed by atoms with E-state index in [1.165, 1.54) is 4.90 Å². The third-order valence-electron chi connectivity index (χ3n) is 3.23. The van der Waals surface area contributed by atoms with Gasteiger partial charge in [0.25, 0.3) is 0 Å². The van der Waals surface area contributed by atoms with Crippen molar-refractivity contribution in [3.05, 3.63) is 53.1 Å². The number of para-hydroxylation sites is 1. The number of urea groups is 1. The molecule has 0 fully saturated rings. The van der Waals surface area contributed by atoms with Crippen LogP contribution in [-0.2, 0) is 6.54 Å². The van der Waals surface area contributed by atoms with Gasteiger partial charge in [-0.1, -0.05) is 29.8 Å². The van der Waals surface area contributed by atoms with Crippen LogP contribution < -0.4 is 10.1 Å². The van der Waals surface area contributed by atoms with Crippen LogP contribution in [0.5, 0.6) is 11.5 Å². The van der Waals surface area contributed by atoms with Crippen molar-refractivity contribution >= 4 is 23.3 Å². The molecule has 0 aliphatic carbocycles. The Morgan fingerprint density at radius 3 is 2.70 bits per heavy atom. The smallest absolute Gasteiger partial charge is 0.321 e. The molecule has 2 rings (SSSR count). The lowest BCUT2D eigenvalue weighted by atomic mass is 10.2. The van der Waals surface area contributed by atoms with E-state index in [9.17, 15) is 9.90 Å². The molecular formula is C17H19ClN2O3.